The van der Waals surface area contributed by atoms with E-state index in [0.29, 0.717) is 24.5 Å². The van der Waals surface area contributed by atoms with Crippen molar-refractivity contribution in [3.63, 3.8) is 0 Å². The van der Waals surface area contributed by atoms with Gasteiger partial charge in [-0.15, -0.1) is 5.54 Å². The molecule has 8 nitrogen and oxygen atoms in total. The average molecular weight is 391 g/mol. The van der Waals surface area contributed by atoms with Gasteiger partial charge in [-0.25, -0.2) is 4.79 Å². The predicted octanol–water partition coefficient (Wildman–Crippen LogP) is 1.93. The summed E-state index contributed by atoms with van der Waals surface area (Å²) in [5.41, 5.74) is 2.50. The van der Waals surface area contributed by atoms with E-state index in [0.717, 1.165) is 6.08 Å². The number of carboxylic acid groups (broad SMARTS) is 1. The molecule has 1 aliphatic carbocycles. The summed E-state index contributed by atoms with van der Waals surface area (Å²) in [7, 11) is -1.88. The Bertz CT molecular complexity index is 864. The van der Waals surface area contributed by atoms with Crippen LogP contribution < -0.4 is 0 Å². The number of fused-ring (bicyclic) bond motifs is 2. The summed E-state index contributed by atoms with van der Waals surface area (Å²) in [4.78, 5) is 23.5. The van der Waals surface area contributed by atoms with Crippen LogP contribution in [0.1, 0.15) is 24.6 Å². The van der Waals surface area contributed by atoms with Crippen molar-refractivity contribution in [2.45, 2.75) is 44.4 Å². The average Bonchev–Trinajstić information content (AvgIpc) is 3.18. The van der Waals surface area contributed by atoms with E-state index >= 15 is 0 Å². The lowest BCUT2D eigenvalue weighted by Gasteiger charge is -2.41. The highest BCUT2D eigenvalue weighted by atomic mass is 28.3. The Morgan fingerprint density at radius 3 is 2.56 bits per heavy atom. The van der Waals surface area contributed by atoms with Crippen LogP contribution in [-0.2, 0) is 29.6 Å². The monoisotopic (exact) mass is 391 g/mol. The fourth-order valence-electron chi connectivity index (χ4n) is 3.20. The second kappa shape index (κ2) is 6.63. The third-order valence-electron chi connectivity index (χ3n) is 4.12. The van der Waals surface area contributed by atoms with Crippen LogP contribution in [0.2, 0.25) is 19.6 Å². The third-order valence-corrected chi connectivity index (χ3v) is 4.99. The van der Waals surface area contributed by atoms with Crippen LogP contribution in [0.25, 0.3) is 5.57 Å². The molecule has 2 aliphatic rings. The van der Waals surface area contributed by atoms with Crippen LogP contribution in [0.4, 0.5) is 0 Å². The first-order valence-corrected chi connectivity index (χ1v) is 12.0. The third kappa shape index (κ3) is 3.69. The highest BCUT2D eigenvalue weighted by Gasteiger charge is 2.58. The highest BCUT2D eigenvalue weighted by molar-refractivity contribution is 6.83. The molecule has 0 aromatic carbocycles. The summed E-state index contributed by atoms with van der Waals surface area (Å²) >= 11 is 0. The predicted molar refractivity (Wildman–Crippen MR) is 95.9 cm³/mol. The summed E-state index contributed by atoms with van der Waals surface area (Å²) in [6.07, 6.45) is 2.24. The number of hydrogen-bond donors (Lipinski definition) is 1. The zero-order valence-electron chi connectivity index (χ0n) is 15.6. The quantitative estimate of drug-likeness (QED) is 0.353. The van der Waals surface area contributed by atoms with Gasteiger partial charge in [0.25, 0.3) is 0 Å². The number of hydrogen-bond acceptors (Lipinski definition) is 7. The molecule has 27 heavy (non-hydrogen) atoms. The SMILES string of the molecule is CC(=O)O[C@]1(C#C[Si](C)(C)C)CC2(OCCO2)c2nocc2C1=CC(=O)O. The Labute approximate surface area is 157 Å². The fraction of sp³-hybridized carbons (Fsp3) is 0.500. The fourth-order valence-corrected chi connectivity index (χ4v) is 3.78. The largest absolute Gasteiger partial charge is 0.478 e. The van der Waals surface area contributed by atoms with Gasteiger partial charge in [0.15, 0.2) is 5.69 Å². The molecule has 1 N–H and O–H groups in total. The van der Waals surface area contributed by atoms with Crippen LogP contribution in [0.3, 0.4) is 0 Å². The second-order valence-electron chi connectivity index (χ2n) is 7.52. The molecule has 1 atom stereocenters. The van der Waals surface area contributed by atoms with E-state index in [9.17, 15) is 14.7 Å². The molecule has 144 valence electrons. The topological polar surface area (TPSA) is 108 Å². The van der Waals surface area contributed by atoms with Crippen LogP contribution in [0.5, 0.6) is 0 Å². The van der Waals surface area contributed by atoms with E-state index in [1.807, 2.05) is 19.6 Å². The molecule has 2 heterocycles. The molecule has 1 fully saturated rings. The van der Waals surface area contributed by atoms with Crippen molar-refractivity contribution >= 4 is 25.6 Å². The van der Waals surface area contributed by atoms with Crippen molar-refractivity contribution < 1.29 is 33.4 Å². The van der Waals surface area contributed by atoms with Crippen molar-refractivity contribution in [3.8, 4) is 11.5 Å². The molecular formula is C18H21NO7Si. The summed E-state index contributed by atoms with van der Waals surface area (Å²) < 4.78 is 22.4. The first-order valence-electron chi connectivity index (χ1n) is 8.49. The van der Waals surface area contributed by atoms with Crippen LogP contribution in [-0.4, -0.2) is 49.1 Å². The molecule has 0 saturated carbocycles. The zero-order chi connectivity index (χ0) is 19.9. The Balaban J connectivity index is 2.29. The summed E-state index contributed by atoms with van der Waals surface area (Å²) in [6, 6.07) is 0. The van der Waals surface area contributed by atoms with Crippen LogP contribution >= 0.6 is 0 Å². The number of rotatable bonds is 2. The van der Waals surface area contributed by atoms with Gasteiger partial charge in [0.1, 0.15) is 14.3 Å². The van der Waals surface area contributed by atoms with Crippen LogP contribution in [0.15, 0.2) is 16.9 Å². The van der Waals surface area contributed by atoms with Gasteiger partial charge in [0, 0.05) is 18.6 Å². The summed E-state index contributed by atoms with van der Waals surface area (Å²) in [5, 5.41) is 13.4. The van der Waals surface area contributed by atoms with Gasteiger partial charge in [-0.05, 0) is 0 Å². The minimum absolute atomic E-state index is 0.0320. The van der Waals surface area contributed by atoms with Crippen molar-refractivity contribution in [2.75, 3.05) is 13.2 Å². The molecule has 0 amide bonds. The minimum Gasteiger partial charge on any atom is -0.478 e. The molecule has 1 aromatic rings. The standard InChI is InChI=1S/C18H21NO7Si/c1-12(20)26-17(5-8-27(2,3)4)11-18(23-6-7-24-18)16-13(10-25-19-16)14(17)9-15(21)22/h9-10H,6-7,11H2,1-4H3,(H,21,22)/t17-/m1/s1. The second-order valence-corrected chi connectivity index (χ2v) is 12.3. The van der Waals surface area contributed by atoms with Gasteiger partial charge in [0.05, 0.1) is 25.2 Å². The van der Waals surface area contributed by atoms with Gasteiger partial charge in [0.2, 0.25) is 11.4 Å². The van der Waals surface area contributed by atoms with Gasteiger partial charge in [-0.2, -0.15) is 0 Å². The van der Waals surface area contributed by atoms with Gasteiger partial charge < -0.3 is 23.8 Å². The smallest absolute Gasteiger partial charge is 0.328 e. The van der Waals surface area contributed by atoms with Crippen molar-refractivity contribution in [1.29, 1.82) is 0 Å². The normalized spacial score (nSPS) is 25.0. The molecule has 3 rings (SSSR count). The van der Waals surface area contributed by atoms with E-state index in [4.69, 9.17) is 18.7 Å². The Kier molecular flexibility index (Phi) is 4.76. The van der Waals surface area contributed by atoms with Gasteiger partial charge in [-0.3, -0.25) is 4.79 Å². The lowest BCUT2D eigenvalue weighted by molar-refractivity contribution is -0.202. The number of carboxylic acids is 1. The van der Waals surface area contributed by atoms with Gasteiger partial charge >= 0.3 is 11.9 Å². The van der Waals surface area contributed by atoms with E-state index in [1.54, 1.807) is 0 Å². The number of carbonyl (C=O) groups excluding carboxylic acids is 1. The summed E-state index contributed by atoms with van der Waals surface area (Å²) in [6.45, 7) is 8.00. The molecule has 0 bridgehead atoms. The van der Waals surface area contributed by atoms with Crippen molar-refractivity contribution in [3.05, 3.63) is 23.6 Å². The molecule has 1 aliphatic heterocycles. The van der Waals surface area contributed by atoms with E-state index in [2.05, 4.69) is 16.6 Å². The van der Waals surface area contributed by atoms with E-state index < -0.39 is 31.4 Å². The van der Waals surface area contributed by atoms with Crippen LogP contribution in [0, 0.1) is 11.5 Å². The number of nitrogens with zero attached hydrogens (tertiary/aromatic N) is 1. The molecule has 1 aromatic heterocycles. The molecule has 1 saturated heterocycles. The number of esters is 1. The summed E-state index contributed by atoms with van der Waals surface area (Å²) in [5.74, 6) is -0.0470. The number of aromatic nitrogens is 1. The van der Waals surface area contributed by atoms with Crippen molar-refractivity contribution in [1.82, 2.24) is 5.16 Å². The highest BCUT2D eigenvalue weighted by Crippen LogP contribution is 2.51. The first kappa shape index (κ1) is 19.4. The number of carbonyl (C=O) groups is 2. The lowest BCUT2D eigenvalue weighted by atomic mass is 9.75. The maximum absolute atomic E-state index is 12.0. The lowest BCUT2D eigenvalue weighted by Crippen LogP contribution is -2.48. The maximum atomic E-state index is 12.0. The molecular weight excluding hydrogens is 370 g/mol. The zero-order valence-corrected chi connectivity index (χ0v) is 16.6. The number of ether oxygens (including phenoxy) is 3. The van der Waals surface area contributed by atoms with Gasteiger partial charge in [-0.1, -0.05) is 30.7 Å². The van der Waals surface area contributed by atoms with E-state index in [1.165, 1.54) is 13.2 Å². The molecule has 0 unspecified atom stereocenters. The Morgan fingerprint density at radius 1 is 1.33 bits per heavy atom. The van der Waals surface area contributed by atoms with E-state index in [-0.39, 0.29) is 12.0 Å². The van der Waals surface area contributed by atoms with Crippen molar-refractivity contribution in [2.24, 2.45) is 0 Å². The first-order chi connectivity index (χ1) is 12.6. The minimum atomic E-state index is -1.88. The molecule has 9 heteroatoms. The molecule has 0 radical (unpaired) electrons. The Hall–Kier alpha value is -2.41. The number of aliphatic carboxylic acids is 1. The Morgan fingerprint density at radius 2 is 2.00 bits per heavy atom. The molecule has 1 spiro atoms. The maximum Gasteiger partial charge on any atom is 0.328 e.